The van der Waals surface area contributed by atoms with Crippen LogP contribution in [0.4, 0.5) is 0 Å². The van der Waals surface area contributed by atoms with Crippen LogP contribution in [-0.4, -0.2) is 76.6 Å². The van der Waals surface area contributed by atoms with E-state index in [2.05, 4.69) is 23.1 Å². The number of aromatic nitrogens is 4. The minimum absolute atomic E-state index is 0.00982. The topological polar surface area (TPSA) is 135 Å². The Bertz CT molecular complexity index is 2150. The number of allylic oxidation sites excluding steroid dienone is 2. The first-order valence-electron chi connectivity index (χ1n) is 14.7. The van der Waals surface area contributed by atoms with Crippen molar-refractivity contribution in [1.29, 1.82) is 0 Å². The smallest absolute Gasteiger partial charge is 0.243 e. The fourth-order valence-electron chi connectivity index (χ4n) is 6.54. The molecule has 0 N–H and O–H groups in total. The normalized spacial score (nSPS) is 17.4. The van der Waals surface area contributed by atoms with E-state index < -0.39 is 25.3 Å². The predicted octanol–water partition coefficient (Wildman–Crippen LogP) is 4.51. The number of sulfonamides is 1. The fourth-order valence-corrected chi connectivity index (χ4v) is 8.83. The van der Waals surface area contributed by atoms with Gasteiger partial charge in [-0.25, -0.2) is 21.8 Å². The molecule has 2 aromatic carbocycles. The molecular weight excluding hydrogens is 648 g/mol. The van der Waals surface area contributed by atoms with Crippen molar-refractivity contribution in [3.05, 3.63) is 96.2 Å². The van der Waals surface area contributed by atoms with E-state index in [1.807, 2.05) is 10.6 Å². The number of carbonyl (C=O) groups is 1. The molecule has 46 heavy (non-hydrogen) atoms. The number of hydrogen-bond acceptors (Lipinski definition) is 8. The lowest BCUT2D eigenvalue weighted by Gasteiger charge is -2.38. The van der Waals surface area contributed by atoms with Gasteiger partial charge in [-0.3, -0.25) is 14.8 Å². The number of fused-ring (bicyclic) bond motifs is 2. The average Bonchev–Trinajstić information content (AvgIpc) is 3.47. The van der Waals surface area contributed by atoms with Gasteiger partial charge in [0.05, 0.1) is 44.7 Å². The van der Waals surface area contributed by atoms with E-state index in [0.29, 0.717) is 51.6 Å². The van der Waals surface area contributed by atoms with Gasteiger partial charge in [-0.2, -0.15) is 4.31 Å². The first-order valence-corrected chi connectivity index (χ1v) is 18.6. The van der Waals surface area contributed by atoms with Crippen LogP contribution in [0.25, 0.3) is 22.1 Å². The van der Waals surface area contributed by atoms with E-state index in [4.69, 9.17) is 16.6 Å². The SMILES string of the molecule is C=CC1=C(C=C)C2(CCN(S(=O)(=O)c3ccc4nccnc4c3)CC2)C(=O)N1Cc1nc2cc(Cl)ccc2n1CCCS(C)(=O)=O. The number of amides is 1. The molecule has 2 aliphatic rings. The molecule has 1 saturated heterocycles. The van der Waals surface area contributed by atoms with Crippen LogP contribution in [0.1, 0.15) is 25.1 Å². The zero-order valence-electron chi connectivity index (χ0n) is 25.3. The third kappa shape index (κ3) is 5.65. The Morgan fingerprint density at radius 2 is 1.67 bits per heavy atom. The summed E-state index contributed by atoms with van der Waals surface area (Å²) in [7, 11) is -7.02. The van der Waals surface area contributed by atoms with Crippen molar-refractivity contribution < 1.29 is 21.6 Å². The number of hydrogen-bond donors (Lipinski definition) is 0. The molecule has 0 atom stereocenters. The van der Waals surface area contributed by atoms with E-state index in [1.54, 1.807) is 41.4 Å². The number of rotatable bonds is 10. The van der Waals surface area contributed by atoms with Crippen molar-refractivity contribution in [3.8, 4) is 0 Å². The van der Waals surface area contributed by atoms with E-state index in [9.17, 15) is 21.6 Å². The van der Waals surface area contributed by atoms with E-state index >= 15 is 0 Å². The van der Waals surface area contributed by atoms with Crippen LogP contribution in [0, 0.1) is 5.41 Å². The van der Waals surface area contributed by atoms with Crippen molar-refractivity contribution in [3.63, 3.8) is 0 Å². The van der Waals surface area contributed by atoms with Crippen LogP contribution in [0.5, 0.6) is 0 Å². The summed E-state index contributed by atoms with van der Waals surface area (Å²) in [6.07, 6.45) is 8.44. The Labute approximate surface area is 272 Å². The molecule has 2 aliphatic heterocycles. The first-order chi connectivity index (χ1) is 21.9. The average molecular weight is 681 g/mol. The molecule has 14 heteroatoms. The second-order valence-corrected chi connectivity index (χ2v) is 16.2. The number of aryl methyl sites for hydroxylation is 1. The summed E-state index contributed by atoms with van der Waals surface area (Å²) in [5.41, 5.74) is 2.81. The van der Waals surface area contributed by atoms with Crippen LogP contribution in [0.2, 0.25) is 5.02 Å². The molecular formula is C32H33ClN6O5S2. The van der Waals surface area contributed by atoms with E-state index in [1.165, 1.54) is 28.9 Å². The maximum atomic E-state index is 14.4. The summed E-state index contributed by atoms with van der Waals surface area (Å²) in [6, 6.07) is 9.99. The predicted molar refractivity (Wildman–Crippen MR) is 177 cm³/mol. The van der Waals surface area contributed by atoms with Gasteiger partial charge in [0.1, 0.15) is 15.7 Å². The van der Waals surface area contributed by atoms with Crippen LogP contribution in [0.3, 0.4) is 0 Å². The summed E-state index contributed by atoms with van der Waals surface area (Å²) in [5, 5.41) is 0.509. The highest BCUT2D eigenvalue weighted by Gasteiger charge is 2.53. The number of halogens is 1. The molecule has 11 nitrogen and oxygen atoms in total. The Balaban J connectivity index is 1.29. The summed E-state index contributed by atoms with van der Waals surface area (Å²) >= 11 is 6.25. The van der Waals surface area contributed by atoms with Crippen molar-refractivity contribution in [2.45, 2.75) is 37.2 Å². The van der Waals surface area contributed by atoms with Gasteiger partial charge in [0.15, 0.2) is 0 Å². The molecule has 2 aromatic heterocycles. The van der Waals surface area contributed by atoms with Gasteiger partial charge in [-0.1, -0.05) is 30.8 Å². The van der Waals surface area contributed by atoms with Gasteiger partial charge in [-0.05, 0) is 67.3 Å². The lowest BCUT2D eigenvalue weighted by molar-refractivity contribution is -0.137. The monoisotopic (exact) mass is 680 g/mol. The molecule has 4 aromatic rings. The van der Waals surface area contributed by atoms with Crippen LogP contribution >= 0.6 is 11.6 Å². The lowest BCUT2D eigenvalue weighted by Crippen LogP contribution is -2.48. The van der Waals surface area contributed by atoms with Crippen LogP contribution < -0.4 is 0 Å². The number of piperidine rings is 1. The van der Waals surface area contributed by atoms with Crippen molar-refractivity contribution in [2.75, 3.05) is 25.1 Å². The van der Waals surface area contributed by atoms with Gasteiger partial charge < -0.3 is 9.47 Å². The third-order valence-corrected chi connectivity index (χ3v) is 11.9. The second-order valence-electron chi connectivity index (χ2n) is 11.6. The highest BCUT2D eigenvalue weighted by molar-refractivity contribution is 7.90. The summed E-state index contributed by atoms with van der Waals surface area (Å²) < 4.78 is 54.4. The third-order valence-electron chi connectivity index (χ3n) is 8.77. The number of sulfone groups is 1. The van der Waals surface area contributed by atoms with Gasteiger partial charge in [0.25, 0.3) is 0 Å². The highest BCUT2D eigenvalue weighted by atomic mass is 35.5. The number of carbonyl (C=O) groups excluding carboxylic acids is 1. The standard InChI is InChI=1S/C32H33ClN6O5S2/c1-4-24-28(5-2)39(21-30-36-27-19-22(33)7-10-29(27)38(30)15-6-18-45(3,41)42)31(40)32(24)11-16-37(17-12-32)46(43,44)23-8-9-25-26(20-23)35-14-13-34-25/h4-5,7-10,13-14,19-20H,1-2,6,11-12,15-18,21H2,3H3. The van der Waals surface area contributed by atoms with Crippen molar-refractivity contribution in [2.24, 2.45) is 5.41 Å². The number of benzene rings is 2. The molecule has 6 rings (SSSR count). The van der Waals surface area contributed by atoms with E-state index in [-0.39, 0.29) is 49.0 Å². The van der Waals surface area contributed by atoms with Crippen LogP contribution in [0.15, 0.2) is 90.3 Å². The second kappa shape index (κ2) is 12.0. The summed E-state index contributed by atoms with van der Waals surface area (Å²) in [4.78, 5) is 29.4. The van der Waals surface area contributed by atoms with Gasteiger partial charge >= 0.3 is 0 Å². The quantitative estimate of drug-likeness (QED) is 0.239. The van der Waals surface area contributed by atoms with Crippen molar-refractivity contribution in [1.82, 2.24) is 28.7 Å². The Hall–Kier alpha value is -3.91. The van der Waals surface area contributed by atoms with Gasteiger partial charge in [0.2, 0.25) is 15.9 Å². The zero-order valence-corrected chi connectivity index (χ0v) is 27.7. The van der Waals surface area contributed by atoms with Crippen molar-refractivity contribution >= 4 is 59.4 Å². The molecule has 1 amide bonds. The minimum atomic E-state index is -3.85. The Kier molecular flexibility index (Phi) is 8.38. The molecule has 0 bridgehead atoms. The largest absolute Gasteiger partial charge is 0.326 e. The van der Waals surface area contributed by atoms with Crippen LogP contribution in [-0.2, 0) is 37.7 Å². The minimum Gasteiger partial charge on any atom is -0.326 e. The lowest BCUT2D eigenvalue weighted by atomic mass is 9.73. The molecule has 1 spiro atoms. The first kappa shape index (κ1) is 32.0. The zero-order chi connectivity index (χ0) is 32.9. The fraction of sp³-hybridized carbons (Fsp3) is 0.312. The molecule has 4 heterocycles. The maximum Gasteiger partial charge on any atom is 0.243 e. The number of imidazole rings is 1. The van der Waals surface area contributed by atoms with E-state index in [0.717, 1.165) is 5.52 Å². The maximum absolute atomic E-state index is 14.4. The highest BCUT2D eigenvalue weighted by Crippen LogP contribution is 2.49. The van der Waals surface area contributed by atoms with Gasteiger partial charge in [0, 0.05) is 49.0 Å². The molecule has 0 saturated carbocycles. The molecule has 0 aliphatic carbocycles. The molecule has 240 valence electrons. The summed E-state index contributed by atoms with van der Waals surface area (Å²) in [6.45, 7) is 8.74. The molecule has 0 radical (unpaired) electrons. The Morgan fingerprint density at radius 3 is 2.35 bits per heavy atom. The Morgan fingerprint density at radius 1 is 0.957 bits per heavy atom. The number of nitrogens with zero attached hydrogens (tertiary/aromatic N) is 6. The molecule has 0 unspecified atom stereocenters. The summed E-state index contributed by atoms with van der Waals surface area (Å²) in [5.74, 6) is 0.400. The van der Waals surface area contributed by atoms with Gasteiger partial charge in [-0.15, -0.1) is 0 Å². The molecule has 1 fully saturated rings.